The van der Waals surface area contributed by atoms with Crippen LogP contribution >= 0.6 is 0 Å². The molecule has 0 saturated heterocycles. The average molecular weight is 181 g/mol. The first-order chi connectivity index (χ1) is 6.47. The minimum atomic E-state index is 0.901. The van der Waals surface area contributed by atoms with Gasteiger partial charge in [-0.05, 0) is 0 Å². The quantitative estimate of drug-likeness (QED) is 0.666. The van der Waals surface area contributed by atoms with E-state index in [1.807, 2.05) is 33.9 Å². The Kier molecular flexibility index (Phi) is 7.11. The summed E-state index contributed by atoms with van der Waals surface area (Å²) in [6, 6.07) is 0. The first-order valence-corrected chi connectivity index (χ1v) is 4.95. The van der Waals surface area contributed by atoms with E-state index in [2.05, 4.69) is 15.3 Å². The third-order valence-electron chi connectivity index (χ3n) is 1.49. The fourth-order valence-corrected chi connectivity index (χ4v) is 1.01. The Labute approximate surface area is 80.6 Å². The molecule has 0 atom stereocenters. The normalized spacial score (nSPS) is 11.7. The van der Waals surface area contributed by atoms with Crippen LogP contribution in [0.3, 0.4) is 0 Å². The van der Waals surface area contributed by atoms with E-state index in [1.165, 1.54) is 5.56 Å². The fourth-order valence-electron chi connectivity index (χ4n) is 1.01. The van der Waals surface area contributed by atoms with Crippen LogP contribution in [0.1, 0.15) is 39.0 Å². The second-order valence-corrected chi connectivity index (χ2v) is 2.10. The first-order valence-electron chi connectivity index (χ1n) is 4.95. The molecular formula is C10H19N3. The molecule has 0 radical (unpaired) electrons. The zero-order valence-electron chi connectivity index (χ0n) is 8.96. The van der Waals surface area contributed by atoms with E-state index in [9.17, 15) is 0 Å². The third-order valence-corrected chi connectivity index (χ3v) is 1.49. The summed E-state index contributed by atoms with van der Waals surface area (Å²) in [4.78, 5) is 7.99. The van der Waals surface area contributed by atoms with Gasteiger partial charge in [-0.15, -0.1) is 0 Å². The van der Waals surface area contributed by atoms with E-state index in [-0.39, 0.29) is 0 Å². The van der Waals surface area contributed by atoms with Crippen LogP contribution in [0.15, 0.2) is 12.5 Å². The van der Waals surface area contributed by atoms with E-state index in [0.717, 1.165) is 18.8 Å². The van der Waals surface area contributed by atoms with Gasteiger partial charge in [-0.2, -0.15) is 0 Å². The number of hydrogen-bond acceptors (Lipinski definition) is 3. The lowest BCUT2D eigenvalue weighted by Crippen LogP contribution is -2.00. The molecule has 0 saturated carbocycles. The number of nitrogens with one attached hydrogen (secondary N) is 1. The van der Waals surface area contributed by atoms with Crippen LogP contribution in [0.5, 0.6) is 0 Å². The van der Waals surface area contributed by atoms with Crippen molar-refractivity contribution in [3.05, 3.63) is 23.8 Å². The van der Waals surface area contributed by atoms with Crippen molar-refractivity contribution in [1.82, 2.24) is 15.3 Å². The first kappa shape index (κ1) is 12.0. The Morgan fingerprint density at radius 2 is 1.85 bits per heavy atom. The van der Waals surface area contributed by atoms with Crippen LogP contribution in [0, 0.1) is 0 Å². The zero-order valence-corrected chi connectivity index (χ0v) is 8.96. The summed E-state index contributed by atoms with van der Waals surface area (Å²) in [5.74, 6) is 0. The van der Waals surface area contributed by atoms with Gasteiger partial charge >= 0.3 is 0 Å². The van der Waals surface area contributed by atoms with Crippen LogP contribution in [0.4, 0.5) is 0 Å². The summed E-state index contributed by atoms with van der Waals surface area (Å²) < 4.78 is 0. The molecule has 0 amide bonds. The molecule has 3 heteroatoms. The van der Waals surface area contributed by atoms with Gasteiger partial charge in [-0.1, -0.05) is 27.7 Å². The smallest absolute Gasteiger partial charge is 0.115 e. The topological polar surface area (TPSA) is 37.8 Å². The molecule has 2 rings (SSSR count). The highest BCUT2D eigenvalue weighted by Crippen LogP contribution is 2.08. The third kappa shape index (κ3) is 3.51. The van der Waals surface area contributed by atoms with E-state index in [0.29, 0.717) is 0 Å². The molecule has 0 unspecified atom stereocenters. The molecule has 1 aliphatic rings. The number of nitrogens with zero attached hydrogens (tertiary/aromatic N) is 2. The van der Waals surface area contributed by atoms with Crippen molar-refractivity contribution < 1.29 is 0 Å². The molecule has 2 heterocycles. The maximum atomic E-state index is 4.09. The van der Waals surface area contributed by atoms with Crippen molar-refractivity contribution in [2.45, 2.75) is 40.8 Å². The average Bonchev–Trinajstić information content (AvgIpc) is 2.71. The maximum Gasteiger partial charge on any atom is 0.115 e. The standard InChI is InChI=1S/C6H7N3.2C2H6/c1-5-2-8-4-9-6(5)3-7-1;2*1-2/h2,4,7H,1,3H2;2*1-2H3. The summed E-state index contributed by atoms with van der Waals surface area (Å²) >= 11 is 0. The van der Waals surface area contributed by atoms with E-state index in [4.69, 9.17) is 0 Å². The lowest BCUT2D eigenvalue weighted by Gasteiger charge is -1.89. The minimum absolute atomic E-state index is 0.901. The summed E-state index contributed by atoms with van der Waals surface area (Å²) in [6.07, 6.45) is 3.45. The number of aromatic nitrogens is 2. The zero-order chi connectivity index (χ0) is 10.1. The molecule has 0 spiro atoms. The molecular weight excluding hydrogens is 162 g/mol. The Hall–Kier alpha value is -0.960. The maximum absolute atomic E-state index is 4.09. The van der Waals surface area contributed by atoms with Crippen molar-refractivity contribution in [2.75, 3.05) is 0 Å². The Morgan fingerprint density at radius 1 is 1.15 bits per heavy atom. The predicted molar refractivity (Wildman–Crippen MR) is 55.3 cm³/mol. The monoisotopic (exact) mass is 181 g/mol. The highest BCUT2D eigenvalue weighted by Gasteiger charge is 2.08. The van der Waals surface area contributed by atoms with Gasteiger partial charge in [-0.25, -0.2) is 9.97 Å². The largest absolute Gasteiger partial charge is 0.307 e. The van der Waals surface area contributed by atoms with Crippen molar-refractivity contribution in [3.8, 4) is 0 Å². The van der Waals surface area contributed by atoms with Gasteiger partial charge in [0.25, 0.3) is 0 Å². The van der Waals surface area contributed by atoms with Gasteiger partial charge in [0.15, 0.2) is 0 Å². The van der Waals surface area contributed by atoms with Crippen molar-refractivity contribution >= 4 is 0 Å². The lowest BCUT2D eigenvalue weighted by atomic mass is 10.3. The van der Waals surface area contributed by atoms with Gasteiger partial charge in [-0.3, -0.25) is 0 Å². The van der Waals surface area contributed by atoms with Gasteiger partial charge in [0, 0.05) is 24.8 Å². The molecule has 3 nitrogen and oxygen atoms in total. The highest BCUT2D eigenvalue weighted by molar-refractivity contribution is 5.19. The Morgan fingerprint density at radius 3 is 2.46 bits per heavy atom. The number of rotatable bonds is 0. The molecule has 0 aromatic carbocycles. The van der Waals surface area contributed by atoms with Crippen LogP contribution in [0.25, 0.3) is 0 Å². The summed E-state index contributed by atoms with van der Waals surface area (Å²) in [6.45, 7) is 9.83. The van der Waals surface area contributed by atoms with E-state index < -0.39 is 0 Å². The lowest BCUT2D eigenvalue weighted by molar-refractivity contribution is 0.757. The van der Waals surface area contributed by atoms with Gasteiger partial charge in [0.05, 0.1) is 5.69 Å². The number of fused-ring (bicyclic) bond motifs is 1. The van der Waals surface area contributed by atoms with Crippen LogP contribution in [-0.4, -0.2) is 9.97 Å². The van der Waals surface area contributed by atoms with Crippen molar-refractivity contribution in [3.63, 3.8) is 0 Å². The van der Waals surface area contributed by atoms with Crippen LogP contribution in [0.2, 0.25) is 0 Å². The molecule has 1 aromatic rings. The molecule has 0 aliphatic carbocycles. The van der Waals surface area contributed by atoms with Crippen molar-refractivity contribution in [1.29, 1.82) is 0 Å². The Bertz CT molecular complexity index is 200. The van der Waals surface area contributed by atoms with Crippen molar-refractivity contribution in [2.24, 2.45) is 0 Å². The molecule has 1 N–H and O–H groups in total. The number of hydrogen-bond donors (Lipinski definition) is 1. The summed E-state index contributed by atoms with van der Waals surface area (Å²) in [7, 11) is 0. The molecule has 74 valence electrons. The second kappa shape index (κ2) is 7.68. The van der Waals surface area contributed by atoms with Gasteiger partial charge < -0.3 is 5.32 Å². The molecule has 13 heavy (non-hydrogen) atoms. The van der Waals surface area contributed by atoms with Crippen LogP contribution < -0.4 is 5.32 Å². The molecule has 0 fully saturated rings. The Balaban J connectivity index is 0.000000322. The second-order valence-electron chi connectivity index (χ2n) is 2.10. The fraction of sp³-hybridized carbons (Fsp3) is 0.600. The molecule has 1 aromatic heterocycles. The summed E-state index contributed by atoms with van der Waals surface area (Å²) in [5, 5.41) is 3.19. The van der Waals surface area contributed by atoms with E-state index in [1.54, 1.807) is 6.33 Å². The molecule has 1 aliphatic heterocycles. The predicted octanol–water partition coefficient (Wildman–Crippen LogP) is 2.13. The molecule has 0 bridgehead atoms. The van der Waals surface area contributed by atoms with E-state index >= 15 is 0 Å². The van der Waals surface area contributed by atoms with Crippen LogP contribution in [-0.2, 0) is 13.1 Å². The van der Waals surface area contributed by atoms with Gasteiger partial charge in [0.1, 0.15) is 6.33 Å². The highest BCUT2D eigenvalue weighted by atomic mass is 15.0. The summed E-state index contributed by atoms with van der Waals surface area (Å²) in [5.41, 5.74) is 2.38. The SMILES string of the molecule is CC.CC.c1ncc2c(n1)CNC2. The van der Waals surface area contributed by atoms with Gasteiger partial charge in [0.2, 0.25) is 0 Å². The minimum Gasteiger partial charge on any atom is -0.307 e.